The summed E-state index contributed by atoms with van der Waals surface area (Å²) in [7, 11) is 0. The number of ether oxygens (including phenoxy) is 1. The number of nitrogens with two attached hydrogens (primary N) is 1. The monoisotopic (exact) mass is 275 g/mol. The molecule has 0 atom stereocenters. The second kappa shape index (κ2) is 6.75. The standard InChI is InChI=1S/C14H14ClN3O/c15-8-14(16)18-12-5-1-2-6-13(12)19-10-11-4-3-7-17-9-11/h1-7,9H,8,10H2,(H2,16,18). The first-order valence-corrected chi connectivity index (χ1v) is 6.33. The first-order valence-electron chi connectivity index (χ1n) is 5.79. The number of para-hydroxylation sites is 2. The van der Waals surface area contributed by atoms with Gasteiger partial charge < -0.3 is 10.5 Å². The number of benzene rings is 1. The first kappa shape index (κ1) is 13.4. The van der Waals surface area contributed by atoms with Crippen LogP contribution in [0.5, 0.6) is 5.75 Å². The summed E-state index contributed by atoms with van der Waals surface area (Å²) >= 11 is 5.62. The van der Waals surface area contributed by atoms with Crippen molar-refractivity contribution in [1.82, 2.24) is 4.98 Å². The Morgan fingerprint density at radius 3 is 2.84 bits per heavy atom. The number of hydrogen-bond acceptors (Lipinski definition) is 3. The molecule has 0 bridgehead atoms. The summed E-state index contributed by atoms with van der Waals surface area (Å²) < 4.78 is 5.72. The van der Waals surface area contributed by atoms with Gasteiger partial charge in [-0.1, -0.05) is 18.2 Å². The van der Waals surface area contributed by atoms with Gasteiger partial charge >= 0.3 is 0 Å². The maximum Gasteiger partial charge on any atom is 0.145 e. The van der Waals surface area contributed by atoms with Crippen molar-refractivity contribution in [2.75, 3.05) is 5.88 Å². The maximum atomic E-state index is 5.72. The van der Waals surface area contributed by atoms with Crippen LogP contribution in [-0.2, 0) is 6.61 Å². The van der Waals surface area contributed by atoms with Crippen LogP contribution in [0.2, 0.25) is 0 Å². The molecule has 5 heteroatoms. The predicted octanol–water partition coefficient (Wildman–Crippen LogP) is 2.89. The van der Waals surface area contributed by atoms with Gasteiger partial charge in [-0.3, -0.25) is 4.98 Å². The Bertz CT molecular complexity index is 558. The molecule has 0 saturated carbocycles. The molecule has 2 N–H and O–H groups in total. The van der Waals surface area contributed by atoms with Gasteiger partial charge in [0.05, 0.1) is 5.88 Å². The van der Waals surface area contributed by atoms with E-state index in [1.54, 1.807) is 12.4 Å². The zero-order chi connectivity index (χ0) is 13.5. The van der Waals surface area contributed by atoms with Crippen molar-refractivity contribution in [3.05, 3.63) is 54.4 Å². The Morgan fingerprint density at radius 1 is 1.26 bits per heavy atom. The number of aliphatic imine (C=N–C) groups is 1. The van der Waals surface area contributed by atoms with Gasteiger partial charge in [0, 0.05) is 18.0 Å². The molecule has 0 amide bonds. The molecule has 2 aromatic rings. The molecular formula is C14H14ClN3O. The van der Waals surface area contributed by atoms with Crippen LogP contribution in [0, 0.1) is 0 Å². The third kappa shape index (κ3) is 3.96. The van der Waals surface area contributed by atoms with E-state index in [-0.39, 0.29) is 5.88 Å². The molecule has 1 aromatic heterocycles. The highest BCUT2D eigenvalue weighted by Crippen LogP contribution is 2.27. The average molecular weight is 276 g/mol. The number of nitrogens with zero attached hydrogens (tertiary/aromatic N) is 2. The van der Waals surface area contributed by atoms with Gasteiger partial charge in [0.2, 0.25) is 0 Å². The second-order valence-corrected chi connectivity index (χ2v) is 4.12. The molecule has 0 radical (unpaired) electrons. The van der Waals surface area contributed by atoms with Crippen LogP contribution in [0.3, 0.4) is 0 Å². The number of rotatable bonds is 5. The molecule has 0 saturated heterocycles. The number of pyridine rings is 1. The van der Waals surface area contributed by atoms with Crippen molar-refractivity contribution in [3.8, 4) is 5.75 Å². The molecule has 0 fully saturated rings. The van der Waals surface area contributed by atoms with Crippen LogP contribution in [-0.4, -0.2) is 16.7 Å². The minimum atomic E-state index is 0.191. The number of amidine groups is 1. The normalized spacial score (nSPS) is 11.3. The molecule has 4 nitrogen and oxygen atoms in total. The summed E-state index contributed by atoms with van der Waals surface area (Å²) in [6.07, 6.45) is 3.49. The lowest BCUT2D eigenvalue weighted by atomic mass is 10.3. The van der Waals surface area contributed by atoms with Crippen molar-refractivity contribution in [2.24, 2.45) is 10.7 Å². The molecule has 0 aliphatic rings. The molecule has 2 rings (SSSR count). The van der Waals surface area contributed by atoms with Crippen molar-refractivity contribution in [3.63, 3.8) is 0 Å². The zero-order valence-electron chi connectivity index (χ0n) is 10.3. The first-order chi connectivity index (χ1) is 9.29. The molecule has 1 aromatic carbocycles. The number of halogens is 1. The van der Waals surface area contributed by atoms with Gasteiger partial charge in [0.25, 0.3) is 0 Å². The van der Waals surface area contributed by atoms with Crippen LogP contribution in [0.4, 0.5) is 5.69 Å². The van der Waals surface area contributed by atoms with Crippen molar-refractivity contribution in [2.45, 2.75) is 6.61 Å². The molecule has 0 aliphatic heterocycles. The number of alkyl halides is 1. The van der Waals surface area contributed by atoms with Gasteiger partial charge in [-0.2, -0.15) is 0 Å². The van der Waals surface area contributed by atoms with Crippen LogP contribution in [0.15, 0.2) is 53.8 Å². The fourth-order valence-corrected chi connectivity index (χ4v) is 1.56. The van der Waals surface area contributed by atoms with E-state index in [4.69, 9.17) is 22.1 Å². The zero-order valence-corrected chi connectivity index (χ0v) is 11.0. The molecule has 19 heavy (non-hydrogen) atoms. The van der Waals surface area contributed by atoms with Gasteiger partial charge in [-0.15, -0.1) is 11.6 Å². The van der Waals surface area contributed by atoms with E-state index in [2.05, 4.69) is 9.98 Å². The Labute approximate surface area is 116 Å². The van der Waals surface area contributed by atoms with Gasteiger partial charge in [-0.25, -0.2) is 4.99 Å². The maximum absolute atomic E-state index is 5.72. The smallest absolute Gasteiger partial charge is 0.145 e. The average Bonchev–Trinajstić information content (AvgIpc) is 2.47. The summed E-state index contributed by atoms with van der Waals surface area (Å²) in [5.41, 5.74) is 7.30. The summed E-state index contributed by atoms with van der Waals surface area (Å²) in [5, 5.41) is 0. The van der Waals surface area contributed by atoms with Gasteiger partial charge in [0.1, 0.15) is 23.9 Å². The Balaban J connectivity index is 2.12. The van der Waals surface area contributed by atoms with Crippen LogP contribution >= 0.6 is 11.6 Å². The number of hydrogen-bond donors (Lipinski definition) is 1. The summed E-state index contributed by atoms with van der Waals surface area (Å²) in [4.78, 5) is 8.25. The largest absolute Gasteiger partial charge is 0.487 e. The predicted molar refractivity (Wildman–Crippen MR) is 77.0 cm³/mol. The van der Waals surface area contributed by atoms with E-state index >= 15 is 0 Å². The quantitative estimate of drug-likeness (QED) is 0.518. The Kier molecular flexibility index (Phi) is 4.75. The van der Waals surface area contributed by atoms with E-state index in [0.29, 0.717) is 23.9 Å². The van der Waals surface area contributed by atoms with Crippen LogP contribution in [0.25, 0.3) is 0 Å². The highest BCUT2D eigenvalue weighted by molar-refractivity contribution is 6.28. The SMILES string of the molecule is NC(CCl)=Nc1ccccc1OCc1cccnc1. The van der Waals surface area contributed by atoms with Crippen molar-refractivity contribution >= 4 is 23.1 Å². The van der Waals surface area contributed by atoms with Gasteiger partial charge in [0.15, 0.2) is 0 Å². The van der Waals surface area contributed by atoms with Gasteiger partial charge in [-0.05, 0) is 18.2 Å². The Morgan fingerprint density at radius 2 is 2.11 bits per heavy atom. The van der Waals surface area contributed by atoms with Crippen LogP contribution in [0.1, 0.15) is 5.56 Å². The lowest BCUT2D eigenvalue weighted by Crippen LogP contribution is -2.12. The van der Waals surface area contributed by atoms with E-state index in [9.17, 15) is 0 Å². The molecular weight excluding hydrogens is 262 g/mol. The third-order valence-electron chi connectivity index (χ3n) is 2.38. The fraction of sp³-hybridized carbons (Fsp3) is 0.143. The van der Waals surface area contributed by atoms with Crippen molar-refractivity contribution < 1.29 is 4.74 Å². The second-order valence-electron chi connectivity index (χ2n) is 3.85. The minimum Gasteiger partial charge on any atom is -0.487 e. The molecule has 98 valence electrons. The fourth-order valence-electron chi connectivity index (χ4n) is 1.50. The Hall–Kier alpha value is -2.07. The van der Waals surface area contributed by atoms with E-state index in [0.717, 1.165) is 5.56 Å². The van der Waals surface area contributed by atoms with Crippen molar-refractivity contribution in [1.29, 1.82) is 0 Å². The third-order valence-corrected chi connectivity index (χ3v) is 2.66. The number of aromatic nitrogens is 1. The highest BCUT2D eigenvalue weighted by Gasteiger charge is 2.03. The topological polar surface area (TPSA) is 60.5 Å². The minimum absolute atomic E-state index is 0.191. The van der Waals surface area contributed by atoms with Crippen LogP contribution < -0.4 is 10.5 Å². The molecule has 0 unspecified atom stereocenters. The molecule has 0 aliphatic carbocycles. The lowest BCUT2D eigenvalue weighted by Gasteiger charge is -2.08. The van der Waals surface area contributed by atoms with E-state index in [1.807, 2.05) is 36.4 Å². The summed E-state index contributed by atoms with van der Waals surface area (Å²) in [5.74, 6) is 1.22. The van der Waals surface area contributed by atoms with E-state index < -0.39 is 0 Å². The van der Waals surface area contributed by atoms with E-state index in [1.165, 1.54) is 0 Å². The summed E-state index contributed by atoms with van der Waals surface area (Å²) in [6, 6.07) is 11.3. The molecule has 1 heterocycles. The summed E-state index contributed by atoms with van der Waals surface area (Å²) in [6.45, 7) is 0.432. The molecule has 0 spiro atoms. The highest BCUT2D eigenvalue weighted by atomic mass is 35.5. The lowest BCUT2D eigenvalue weighted by molar-refractivity contribution is 0.307.